The van der Waals surface area contributed by atoms with Crippen LogP contribution in [0.1, 0.15) is 17.4 Å². The van der Waals surface area contributed by atoms with Crippen LogP contribution in [0.3, 0.4) is 0 Å². The summed E-state index contributed by atoms with van der Waals surface area (Å²) in [6.07, 6.45) is -0.195. The quantitative estimate of drug-likeness (QED) is 0.922. The maximum absolute atomic E-state index is 10.1. The Morgan fingerprint density at radius 1 is 1.28 bits per heavy atom. The van der Waals surface area contributed by atoms with Gasteiger partial charge in [-0.25, -0.2) is 4.98 Å². The number of aliphatic hydroxyl groups excluding tert-OH is 1. The van der Waals surface area contributed by atoms with E-state index in [1.807, 2.05) is 24.3 Å². The van der Waals surface area contributed by atoms with Crippen molar-refractivity contribution in [1.82, 2.24) is 4.98 Å². The molecule has 0 aliphatic rings. The number of aliphatic hydroxyl groups is 1. The van der Waals surface area contributed by atoms with E-state index in [0.717, 1.165) is 5.56 Å². The third kappa shape index (κ3) is 3.22. The molecule has 0 fully saturated rings. The summed E-state index contributed by atoms with van der Waals surface area (Å²) in [5.41, 5.74) is 1.56. The molecule has 0 radical (unpaired) electrons. The number of rotatable bonds is 4. The number of halogens is 1. The van der Waals surface area contributed by atoms with Crippen LogP contribution in [0.25, 0.3) is 0 Å². The second kappa shape index (κ2) is 5.85. The summed E-state index contributed by atoms with van der Waals surface area (Å²) in [4.78, 5) is 4.20. The Bertz CT molecular complexity index is 531. The molecule has 2 aromatic rings. The fourth-order valence-corrected chi connectivity index (χ4v) is 1.93. The highest BCUT2D eigenvalue weighted by molar-refractivity contribution is 6.30. The number of hydrogen-bond acceptors (Lipinski definition) is 3. The van der Waals surface area contributed by atoms with Crippen molar-refractivity contribution in [2.24, 2.45) is 0 Å². The van der Waals surface area contributed by atoms with Gasteiger partial charge >= 0.3 is 0 Å². The molecule has 1 atom stereocenters. The molecule has 1 heterocycles. The Morgan fingerprint density at radius 3 is 2.78 bits per heavy atom. The molecule has 1 aromatic carbocycles. The van der Waals surface area contributed by atoms with Crippen LogP contribution in [-0.4, -0.2) is 17.2 Å². The summed E-state index contributed by atoms with van der Waals surface area (Å²) in [6, 6.07) is 12.8. The topological polar surface area (TPSA) is 42.4 Å². The number of aromatic nitrogens is 1. The van der Waals surface area contributed by atoms with Crippen LogP contribution in [0.2, 0.25) is 5.02 Å². The second-order valence-electron chi connectivity index (χ2n) is 3.95. The van der Waals surface area contributed by atoms with E-state index in [1.54, 1.807) is 25.3 Å². The standard InChI is InChI=1S/C14H14ClNO2/c1-18-14-7-3-6-12(16-14)13(17)9-10-4-2-5-11(15)8-10/h2-8,13,17H,9H2,1H3. The number of methoxy groups -OCH3 is 1. The van der Waals surface area contributed by atoms with Gasteiger partial charge in [0.2, 0.25) is 5.88 Å². The zero-order valence-corrected chi connectivity index (χ0v) is 10.8. The molecule has 1 unspecified atom stereocenters. The lowest BCUT2D eigenvalue weighted by molar-refractivity contribution is 0.172. The lowest BCUT2D eigenvalue weighted by atomic mass is 10.1. The highest BCUT2D eigenvalue weighted by Gasteiger charge is 2.11. The lowest BCUT2D eigenvalue weighted by Gasteiger charge is -2.11. The maximum Gasteiger partial charge on any atom is 0.213 e. The van der Waals surface area contributed by atoms with Gasteiger partial charge in [0, 0.05) is 17.5 Å². The van der Waals surface area contributed by atoms with Crippen LogP contribution < -0.4 is 4.74 Å². The van der Waals surface area contributed by atoms with Gasteiger partial charge in [0.15, 0.2) is 0 Å². The molecule has 2 rings (SSSR count). The summed E-state index contributed by atoms with van der Waals surface area (Å²) in [6.45, 7) is 0. The molecule has 0 aliphatic carbocycles. The minimum Gasteiger partial charge on any atom is -0.481 e. The minimum atomic E-state index is -0.668. The lowest BCUT2D eigenvalue weighted by Crippen LogP contribution is -2.04. The molecular weight excluding hydrogens is 250 g/mol. The Kier molecular flexibility index (Phi) is 4.18. The zero-order chi connectivity index (χ0) is 13.0. The van der Waals surface area contributed by atoms with Gasteiger partial charge in [0.25, 0.3) is 0 Å². The number of hydrogen-bond donors (Lipinski definition) is 1. The molecule has 0 bridgehead atoms. The molecule has 0 saturated heterocycles. The molecule has 94 valence electrons. The third-order valence-corrected chi connectivity index (χ3v) is 2.85. The molecule has 0 amide bonds. The van der Waals surface area contributed by atoms with Crippen LogP contribution in [0.5, 0.6) is 5.88 Å². The van der Waals surface area contributed by atoms with E-state index in [4.69, 9.17) is 16.3 Å². The SMILES string of the molecule is COc1cccc(C(O)Cc2cccc(Cl)c2)n1. The van der Waals surface area contributed by atoms with Crippen molar-refractivity contribution < 1.29 is 9.84 Å². The minimum absolute atomic E-state index is 0.473. The number of ether oxygens (including phenoxy) is 1. The van der Waals surface area contributed by atoms with E-state index in [9.17, 15) is 5.11 Å². The van der Waals surface area contributed by atoms with Gasteiger partial charge in [-0.3, -0.25) is 0 Å². The van der Waals surface area contributed by atoms with Crippen molar-refractivity contribution >= 4 is 11.6 Å². The summed E-state index contributed by atoms with van der Waals surface area (Å²) in [5, 5.41) is 10.8. The molecule has 0 aliphatic heterocycles. The van der Waals surface area contributed by atoms with Crippen LogP contribution in [0.4, 0.5) is 0 Å². The van der Waals surface area contributed by atoms with Crippen LogP contribution in [0.15, 0.2) is 42.5 Å². The molecule has 0 saturated carbocycles. The van der Waals surface area contributed by atoms with E-state index in [-0.39, 0.29) is 0 Å². The normalized spacial score (nSPS) is 12.2. The van der Waals surface area contributed by atoms with Crippen molar-refractivity contribution in [3.8, 4) is 5.88 Å². The Labute approximate surface area is 111 Å². The fourth-order valence-electron chi connectivity index (χ4n) is 1.72. The Hall–Kier alpha value is -1.58. The first-order chi connectivity index (χ1) is 8.69. The average Bonchev–Trinajstić information content (AvgIpc) is 2.39. The Morgan fingerprint density at radius 2 is 2.06 bits per heavy atom. The molecule has 3 nitrogen and oxygen atoms in total. The van der Waals surface area contributed by atoms with E-state index >= 15 is 0 Å². The number of nitrogens with zero attached hydrogens (tertiary/aromatic N) is 1. The van der Waals surface area contributed by atoms with Gasteiger partial charge in [-0.2, -0.15) is 0 Å². The number of pyridine rings is 1. The van der Waals surface area contributed by atoms with E-state index in [1.165, 1.54) is 0 Å². The predicted molar refractivity (Wildman–Crippen MR) is 70.9 cm³/mol. The van der Waals surface area contributed by atoms with Crippen molar-refractivity contribution in [1.29, 1.82) is 0 Å². The van der Waals surface area contributed by atoms with Gasteiger partial charge in [0.05, 0.1) is 12.8 Å². The summed E-state index contributed by atoms with van der Waals surface area (Å²) in [7, 11) is 1.55. The molecular formula is C14H14ClNO2. The van der Waals surface area contributed by atoms with Gasteiger partial charge in [-0.15, -0.1) is 0 Å². The van der Waals surface area contributed by atoms with Crippen LogP contribution in [0, 0.1) is 0 Å². The van der Waals surface area contributed by atoms with E-state index in [0.29, 0.717) is 23.0 Å². The van der Waals surface area contributed by atoms with Gasteiger partial charge in [-0.05, 0) is 23.8 Å². The first kappa shape index (κ1) is 12.9. The van der Waals surface area contributed by atoms with E-state index in [2.05, 4.69) is 4.98 Å². The van der Waals surface area contributed by atoms with Gasteiger partial charge in [-0.1, -0.05) is 29.8 Å². The van der Waals surface area contributed by atoms with Crippen molar-refractivity contribution in [3.63, 3.8) is 0 Å². The molecule has 4 heteroatoms. The summed E-state index contributed by atoms with van der Waals surface area (Å²) >= 11 is 5.90. The summed E-state index contributed by atoms with van der Waals surface area (Å²) in [5.74, 6) is 0.498. The largest absolute Gasteiger partial charge is 0.481 e. The van der Waals surface area contributed by atoms with Crippen molar-refractivity contribution in [2.75, 3.05) is 7.11 Å². The average molecular weight is 264 g/mol. The first-order valence-electron chi connectivity index (χ1n) is 5.62. The molecule has 18 heavy (non-hydrogen) atoms. The fraction of sp³-hybridized carbons (Fsp3) is 0.214. The second-order valence-corrected chi connectivity index (χ2v) is 4.39. The van der Waals surface area contributed by atoms with Crippen molar-refractivity contribution in [2.45, 2.75) is 12.5 Å². The number of benzene rings is 1. The molecule has 1 N–H and O–H groups in total. The monoisotopic (exact) mass is 263 g/mol. The molecule has 1 aromatic heterocycles. The highest BCUT2D eigenvalue weighted by atomic mass is 35.5. The smallest absolute Gasteiger partial charge is 0.213 e. The highest BCUT2D eigenvalue weighted by Crippen LogP contribution is 2.20. The first-order valence-corrected chi connectivity index (χ1v) is 6.00. The van der Waals surface area contributed by atoms with Crippen LogP contribution in [-0.2, 0) is 6.42 Å². The zero-order valence-electron chi connectivity index (χ0n) is 10.0. The maximum atomic E-state index is 10.1. The Balaban J connectivity index is 2.13. The van der Waals surface area contributed by atoms with Crippen molar-refractivity contribution in [3.05, 3.63) is 58.7 Å². The van der Waals surface area contributed by atoms with Crippen LogP contribution >= 0.6 is 11.6 Å². The van der Waals surface area contributed by atoms with Gasteiger partial charge in [0.1, 0.15) is 6.10 Å². The van der Waals surface area contributed by atoms with Gasteiger partial charge < -0.3 is 9.84 Å². The third-order valence-electron chi connectivity index (χ3n) is 2.61. The predicted octanol–water partition coefficient (Wildman–Crippen LogP) is 3.02. The van der Waals surface area contributed by atoms with E-state index < -0.39 is 6.10 Å². The molecule has 0 spiro atoms. The summed E-state index contributed by atoms with van der Waals surface area (Å²) < 4.78 is 5.03.